The molecule has 56 heavy (non-hydrogen) atoms. The standard InChI is InChI=1S/C41H38ClN9O3S2/c1-3-4-9-36-44-38(42)34(51(36)22-26-10-14-27(15-11-26)30-7-5-6-8-31(30)39-46-48-49-47-39)24-55-29-18-19-32-33(21-29)50(2)37(43-32)23-54-28-16-12-25(13-17-28)20-35-40(52)45-41(53)56-35/h5-8,10-19,21,35H,3-4,9,20,22-24H2,1-2H3,(H,45,52,53)(H,46,47,48,49). The molecule has 1 saturated heterocycles. The highest BCUT2D eigenvalue weighted by Gasteiger charge is 2.31. The predicted octanol–water partition coefficient (Wildman–Crippen LogP) is 8.43. The van der Waals surface area contributed by atoms with Gasteiger partial charge in [-0.3, -0.25) is 14.9 Å². The fourth-order valence-corrected chi connectivity index (χ4v) is 8.90. The van der Waals surface area contributed by atoms with Crippen LogP contribution in [0.2, 0.25) is 5.15 Å². The van der Waals surface area contributed by atoms with Crippen LogP contribution in [0.1, 0.15) is 48.2 Å². The van der Waals surface area contributed by atoms with Gasteiger partial charge in [-0.2, -0.15) is 0 Å². The first kappa shape index (κ1) is 37.5. The number of hydrogen-bond donors (Lipinski definition) is 2. The third-order valence-corrected chi connectivity index (χ3v) is 12.1. The van der Waals surface area contributed by atoms with Crippen LogP contribution >= 0.6 is 35.1 Å². The van der Waals surface area contributed by atoms with Gasteiger partial charge in [0, 0.05) is 36.2 Å². The zero-order chi connectivity index (χ0) is 38.6. The lowest BCUT2D eigenvalue weighted by Gasteiger charge is -2.14. The molecule has 1 aliphatic heterocycles. The molecule has 7 aromatic rings. The smallest absolute Gasteiger partial charge is 0.286 e. The van der Waals surface area contributed by atoms with E-state index in [0.717, 1.165) is 92.1 Å². The van der Waals surface area contributed by atoms with E-state index < -0.39 is 5.25 Å². The van der Waals surface area contributed by atoms with Gasteiger partial charge in [0.1, 0.15) is 24.0 Å². The molecule has 0 saturated carbocycles. The van der Waals surface area contributed by atoms with Crippen LogP contribution in [-0.2, 0) is 43.6 Å². The summed E-state index contributed by atoms with van der Waals surface area (Å²) in [5, 5.41) is 16.7. The predicted molar refractivity (Wildman–Crippen MR) is 220 cm³/mol. The summed E-state index contributed by atoms with van der Waals surface area (Å²) in [5.41, 5.74) is 8.08. The highest BCUT2D eigenvalue weighted by Crippen LogP contribution is 2.33. The number of benzene rings is 4. The number of aryl methyl sites for hydroxylation is 2. The monoisotopic (exact) mass is 803 g/mol. The molecule has 4 aromatic carbocycles. The maximum atomic E-state index is 11.9. The van der Waals surface area contributed by atoms with Crippen molar-refractivity contribution < 1.29 is 14.3 Å². The average molecular weight is 804 g/mol. The van der Waals surface area contributed by atoms with Crippen molar-refractivity contribution >= 4 is 57.3 Å². The molecule has 8 rings (SSSR count). The number of carbonyl (C=O) groups is 2. The van der Waals surface area contributed by atoms with Gasteiger partial charge in [0.25, 0.3) is 5.24 Å². The van der Waals surface area contributed by atoms with Crippen LogP contribution in [0.5, 0.6) is 5.75 Å². The Morgan fingerprint density at radius 3 is 2.45 bits per heavy atom. The number of aromatic amines is 1. The average Bonchev–Trinajstić information content (AvgIpc) is 4.00. The number of unbranched alkanes of at least 4 members (excludes halogenated alkanes) is 1. The van der Waals surface area contributed by atoms with Gasteiger partial charge in [-0.1, -0.05) is 97.4 Å². The zero-order valence-electron chi connectivity index (χ0n) is 30.7. The van der Waals surface area contributed by atoms with Gasteiger partial charge in [0.15, 0.2) is 11.0 Å². The van der Waals surface area contributed by atoms with E-state index >= 15 is 0 Å². The second kappa shape index (κ2) is 16.7. The number of aromatic nitrogens is 8. The van der Waals surface area contributed by atoms with Crippen molar-refractivity contribution in [3.05, 3.63) is 125 Å². The van der Waals surface area contributed by atoms with Crippen LogP contribution in [0.15, 0.2) is 95.9 Å². The Hall–Kier alpha value is -5.44. The first-order valence-electron chi connectivity index (χ1n) is 18.3. The second-order valence-corrected chi connectivity index (χ2v) is 16.1. The van der Waals surface area contributed by atoms with Crippen molar-refractivity contribution in [2.75, 3.05) is 0 Å². The van der Waals surface area contributed by atoms with Gasteiger partial charge in [-0.25, -0.2) is 15.1 Å². The molecule has 1 aliphatic rings. The van der Waals surface area contributed by atoms with Crippen molar-refractivity contribution in [2.24, 2.45) is 7.05 Å². The Bertz CT molecular complexity index is 2500. The van der Waals surface area contributed by atoms with Crippen LogP contribution in [-0.4, -0.2) is 56.1 Å². The molecule has 2 N–H and O–H groups in total. The van der Waals surface area contributed by atoms with E-state index in [1.165, 1.54) is 0 Å². The van der Waals surface area contributed by atoms with Crippen LogP contribution in [0.3, 0.4) is 0 Å². The molecule has 0 aliphatic carbocycles. The number of imide groups is 1. The molecule has 0 radical (unpaired) electrons. The fourth-order valence-electron chi connectivity index (χ4n) is 6.74. The zero-order valence-corrected chi connectivity index (χ0v) is 33.1. The molecule has 284 valence electrons. The van der Waals surface area contributed by atoms with E-state index in [1.54, 1.807) is 11.8 Å². The number of thioether (sulfide) groups is 2. The summed E-state index contributed by atoms with van der Waals surface area (Å²) in [5.74, 6) is 3.54. The number of nitrogens with zero attached hydrogens (tertiary/aromatic N) is 7. The lowest BCUT2D eigenvalue weighted by atomic mass is 9.98. The first-order chi connectivity index (χ1) is 27.3. The molecular formula is C41H38ClN9O3S2. The van der Waals surface area contributed by atoms with E-state index in [4.69, 9.17) is 26.3 Å². The normalized spacial score (nSPS) is 14.2. The molecule has 3 aromatic heterocycles. The van der Waals surface area contributed by atoms with Gasteiger partial charge >= 0.3 is 0 Å². The molecule has 1 fully saturated rings. The number of hydrogen-bond acceptors (Lipinski definition) is 10. The molecule has 15 heteroatoms. The second-order valence-electron chi connectivity index (χ2n) is 13.5. The summed E-state index contributed by atoms with van der Waals surface area (Å²) in [6, 6.07) is 30.6. The van der Waals surface area contributed by atoms with Crippen LogP contribution in [0.4, 0.5) is 4.79 Å². The number of H-pyrrole nitrogens is 1. The molecule has 1 unspecified atom stereocenters. The Morgan fingerprint density at radius 2 is 1.71 bits per heavy atom. The Kier molecular flexibility index (Phi) is 11.2. The topological polar surface area (TPSA) is 146 Å². The minimum atomic E-state index is -0.399. The van der Waals surface area contributed by atoms with Crippen LogP contribution in [0, 0.1) is 0 Å². The summed E-state index contributed by atoms with van der Waals surface area (Å²) in [4.78, 5) is 34.2. The molecule has 12 nitrogen and oxygen atoms in total. The van der Waals surface area contributed by atoms with E-state index in [1.807, 2.05) is 55.6 Å². The summed E-state index contributed by atoms with van der Waals surface area (Å²) in [7, 11) is 2.00. The minimum absolute atomic E-state index is 0.240. The number of fused-ring (bicyclic) bond motifs is 1. The number of ether oxygens (including phenoxy) is 1. The molecule has 1 atom stereocenters. The lowest BCUT2D eigenvalue weighted by molar-refractivity contribution is -0.118. The number of rotatable bonds is 15. The third-order valence-electron chi connectivity index (χ3n) is 9.79. The minimum Gasteiger partial charge on any atom is -0.486 e. The van der Waals surface area contributed by atoms with Gasteiger partial charge in [-0.05, 0) is 75.9 Å². The van der Waals surface area contributed by atoms with Crippen molar-refractivity contribution in [3.63, 3.8) is 0 Å². The quantitative estimate of drug-likeness (QED) is 0.0969. The number of tetrazole rings is 1. The Morgan fingerprint density at radius 1 is 0.929 bits per heavy atom. The highest BCUT2D eigenvalue weighted by molar-refractivity contribution is 8.15. The van der Waals surface area contributed by atoms with E-state index in [0.29, 0.717) is 42.1 Å². The largest absolute Gasteiger partial charge is 0.486 e. The fraction of sp³-hybridized carbons (Fsp3) is 0.244. The summed E-state index contributed by atoms with van der Waals surface area (Å²) in [6.45, 7) is 3.14. The summed E-state index contributed by atoms with van der Waals surface area (Å²) in [6.07, 6.45) is 3.44. The van der Waals surface area contributed by atoms with Gasteiger partial charge in [0.2, 0.25) is 5.91 Å². The molecule has 0 bridgehead atoms. The molecule has 4 heterocycles. The van der Waals surface area contributed by atoms with Crippen molar-refractivity contribution in [1.29, 1.82) is 0 Å². The first-order valence-corrected chi connectivity index (χ1v) is 20.5. The summed E-state index contributed by atoms with van der Waals surface area (Å²) >= 11 is 9.63. The Balaban J connectivity index is 0.946. The maximum absolute atomic E-state index is 11.9. The molecule has 0 spiro atoms. The van der Waals surface area contributed by atoms with Crippen molar-refractivity contribution in [1.82, 2.24) is 45.0 Å². The third kappa shape index (κ3) is 8.23. The van der Waals surface area contributed by atoms with E-state index in [9.17, 15) is 9.59 Å². The van der Waals surface area contributed by atoms with E-state index in [-0.39, 0.29) is 11.1 Å². The van der Waals surface area contributed by atoms with Gasteiger partial charge < -0.3 is 13.9 Å². The Labute approximate surface area is 336 Å². The molecule has 2 amide bonds. The highest BCUT2D eigenvalue weighted by atomic mass is 35.5. The van der Waals surface area contributed by atoms with Crippen molar-refractivity contribution in [2.45, 2.75) is 61.7 Å². The van der Waals surface area contributed by atoms with Gasteiger partial charge in [-0.15, -0.1) is 16.9 Å². The number of carbonyl (C=O) groups excluding carboxylic acids is 2. The van der Waals surface area contributed by atoms with E-state index in [2.05, 4.69) is 84.5 Å². The number of nitrogens with one attached hydrogen (secondary N) is 2. The maximum Gasteiger partial charge on any atom is 0.286 e. The lowest BCUT2D eigenvalue weighted by Crippen LogP contribution is -2.25. The summed E-state index contributed by atoms with van der Waals surface area (Å²) < 4.78 is 10.4. The van der Waals surface area contributed by atoms with Gasteiger partial charge in [0.05, 0.1) is 22.0 Å². The SMILES string of the molecule is CCCCc1nc(Cl)c(CSc2ccc3nc(COc4ccc(CC5SC(=O)NC5=O)cc4)n(C)c3c2)n1Cc1ccc(-c2ccccc2-c2nnn[nH]2)cc1. The van der Waals surface area contributed by atoms with Crippen LogP contribution in [0.25, 0.3) is 33.5 Å². The molecular weight excluding hydrogens is 766 g/mol. The van der Waals surface area contributed by atoms with Crippen LogP contribution < -0.4 is 10.1 Å². The number of halogens is 1. The number of imidazole rings is 2. The number of amides is 2. The van der Waals surface area contributed by atoms with Crippen molar-refractivity contribution in [3.8, 4) is 28.3 Å².